The lowest BCUT2D eigenvalue weighted by molar-refractivity contribution is 0.391. The van der Waals surface area contributed by atoms with Gasteiger partial charge < -0.3 is 9.80 Å². The van der Waals surface area contributed by atoms with Gasteiger partial charge in [0.05, 0.1) is 22.5 Å². The molecule has 3 unspecified atom stereocenters. The molecule has 0 N–H and O–H groups in total. The van der Waals surface area contributed by atoms with Gasteiger partial charge >= 0.3 is 0 Å². The first-order valence-corrected chi connectivity index (χ1v) is 32.4. The van der Waals surface area contributed by atoms with Crippen LogP contribution in [0.5, 0.6) is 0 Å². The highest BCUT2D eigenvalue weighted by molar-refractivity contribution is 9.10. The molecule has 1 heterocycles. The molecular formula is C79H72Br2N2. The van der Waals surface area contributed by atoms with E-state index in [1.54, 1.807) is 0 Å². The molecule has 1 spiro atoms. The van der Waals surface area contributed by atoms with E-state index in [0.717, 1.165) is 40.8 Å². The minimum absolute atomic E-state index is 0.0121. The van der Waals surface area contributed by atoms with Gasteiger partial charge in [0.1, 0.15) is 0 Å². The molecule has 3 aliphatic carbocycles. The maximum Gasteiger partial charge on any atom is 0.0727 e. The SMILES string of the molecule is CCCCCCC(C)(CC)c1ccc2c(c1)C13c4cc(N(c5ccc(Br)cc5)c5ccccc5-c5ccccc5)ccc4-c4ccc(cc41)N(c1ccccc1-c1ccccc1)c1ccc(Br)c4c1C(CCCCCC)(C4)c1ccc-2c3c1. The maximum atomic E-state index is 4.18. The summed E-state index contributed by atoms with van der Waals surface area (Å²) in [6.45, 7) is 9.64. The van der Waals surface area contributed by atoms with Crippen molar-refractivity contribution >= 4 is 66.0 Å². The van der Waals surface area contributed by atoms with Crippen molar-refractivity contribution in [1.29, 1.82) is 0 Å². The van der Waals surface area contributed by atoms with Gasteiger partial charge in [0.2, 0.25) is 0 Å². The van der Waals surface area contributed by atoms with E-state index in [1.165, 1.54) is 168 Å². The van der Waals surface area contributed by atoms with Gasteiger partial charge in [-0.25, -0.2) is 0 Å². The van der Waals surface area contributed by atoms with E-state index in [4.69, 9.17) is 0 Å². The first-order valence-electron chi connectivity index (χ1n) is 30.8. The second kappa shape index (κ2) is 21.7. The number of para-hydroxylation sites is 2. The molecule has 0 aromatic heterocycles. The van der Waals surface area contributed by atoms with Crippen LogP contribution in [0.2, 0.25) is 0 Å². The van der Waals surface area contributed by atoms with Crippen LogP contribution in [0.15, 0.2) is 227 Å². The van der Waals surface area contributed by atoms with E-state index >= 15 is 0 Å². The molecular weight excluding hydrogens is 1140 g/mol. The predicted octanol–water partition coefficient (Wildman–Crippen LogP) is 23.6. The molecule has 0 radical (unpaired) electrons. The first kappa shape index (κ1) is 53.7. The summed E-state index contributed by atoms with van der Waals surface area (Å²) in [4.78, 5) is 5.18. The molecule has 1 aliphatic heterocycles. The first-order chi connectivity index (χ1) is 40.7. The second-order valence-electron chi connectivity index (χ2n) is 24.4. The third-order valence-corrected chi connectivity index (χ3v) is 21.1. The summed E-state index contributed by atoms with van der Waals surface area (Å²) in [5, 5.41) is 0. The van der Waals surface area contributed by atoms with Crippen LogP contribution in [0.1, 0.15) is 143 Å². The number of anilines is 6. The summed E-state index contributed by atoms with van der Waals surface area (Å²) < 4.78 is 2.26. The van der Waals surface area contributed by atoms with Crippen molar-refractivity contribution < 1.29 is 0 Å². The fourth-order valence-corrected chi connectivity index (χ4v) is 16.1. The summed E-state index contributed by atoms with van der Waals surface area (Å²) >= 11 is 8.00. The lowest BCUT2D eigenvalue weighted by Crippen LogP contribution is -2.42. The molecule has 0 saturated carbocycles. The summed E-state index contributed by atoms with van der Waals surface area (Å²) in [6, 6.07) is 84.4. The van der Waals surface area contributed by atoms with E-state index in [2.05, 4.69) is 288 Å². The van der Waals surface area contributed by atoms with Gasteiger partial charge in [-0.2, -0.15) is 0 Å². The zero-order valence-corrected chi connectivity index (χ0v) is 51.6. The van der Waals surface area contributed by atoms with E-state index in [-0.39, 0.29) is 10.8 Å². The quantitative estimate of drug-likeness (QED) is 0.0790. The summed E-state index contributed by atoms with van der Waals surface area (Å²) in [6.07, 6.45) is 14.2. The fourth-order valence-electron chi connectivity index (χ4n) is 15.4. The van der Waals surface area contributed by atoms with Gasteiger partial charge in [0, 0.05) is 42.5 Å². The van der Waals surface area contributed by atoms with Crippen LogP contribution in [0, 0.1) is 0 Å². The molecule has 83 heavy (non-hydrogen) atoms. The molecule has 3 atom stereocenters. The maximum absolute atomic E-state index is 4.18. The number of benzene rings is 10. The third kappa shape index (κ3) is 8.66. The smallest absolute Gasteiger partial charge is 0.0727 e. The molecule has 4 heteroatoms. The average Bonchev–Trinajstić information content (AvgIpc) is 1.68. The van der Waals surface area contributed by atoms with Gasteiger partial charge in [0.25, 0.3) is 0 Å². The van der Waals surface area contributed by atoms with Crippen molar-refractivity contribution in [3.63, 3.8) is 0 Å². The van der Waals surface area contributed by atoms with E-state index in [9.17, 15) is 0 Å². The Labute approximate surface area is 509 Å². The zero-order valence-electron chi connectivity index (χ0n) is 48.4. The average molecular weight is 1210 g/mol. The van der Waals surface area contributed by atoms with Crippen LogP contribution in [-0.2, 0) is 22.7 Å². The molecule has 2 nitrogen and oxygen atoms in total. The molecule has 0 fully saturated rings. The number of nitrogens with zero attached hydrogens (tertiary/aromatic N) is 2. The van der Waals surface area contributed by atoms with Crippen LogP contribution in [-0.4, -0.2) is 0 Å². The fraction of sp³-hybridized carbons (Fsp3) is 0.241. The van der Waals surface area contributed by atoms with Crippen molar-refractivity contribution in [1.82, 2.24) is 0 Å². The number of fused-ring (bicyclic) bond motifs is 7. The highest BCUT2D eigenvalue weighted by Gasteiger charge is 2.55. The number of rotatable bonds is 18. The molecule has 0 saturated heterocycles. The Morgan fingerprint density at radius 3 is 1.80 bits per heavy atom. The largest absolute Gasteiger partial charge is 0.310 e. The number of halogens is 2. The van der Waals surface area contributed by atoms with Crippen molar-refractivity contribution in [3.8, 4) is 44.5 Å². The zero-order chi connectivity index (χ0) is 56.5. The van der Waals surface area contributed by atoms with Crippen LogP contribution in [0.4, 0.5) is 34.1 Å². The lowest BCUT2D eigenvalue weighted by atomic mass is 9.56. The van der Waals surface area contributed by atoms with Crippen LogP contribution in [0.3, 0.4) is 0 Å². The minimum Gasteiger partial charge on any atom is -0.310 e. The Bertz CT molecular complexity index is 4090. The highest BCUT2D eigenvalue weighted by Crippen LogP contribution is 2.67. The van der Waals surface area contributed by atoms with Gasteiger partial charge in [-0.15, -0.1) is 0 Å². The number of hydrogen-bond donors (Lipinski definition) is 0. The molecule has 412 valence electrons. The minimum atomic E-state index is -0.660. The van der Waals surface area contributed by atoms with Crippen LogP contribution in [0.25, 0.3) is 44.5 Å². The van der Waals surface area contributed by atoms with Crippen LogP contribution >= 0.6 is 31.9 Å². The molecule has 4 aliphatic rings. The molecule has 10 aromatic carbocycles. The summed E-state index contributed by atoms with van der Waals surface area (Å²) in [5.74, 6) is 0. The summed E-state index contributed by atoms with van der Waals surface area (Å²) in [7, 11) is 0. The lowest BCUT2D eigenvalue weighted by Gasteiger charge is -2.49. The van der Waals surface area contributed by atoms with Crippen molar-refractivity contribution in [2.45, 2.75) is 121 Å². The molecule has 14 rings (SSSR count). The van der Waals surface area contributed by atoms with Gasteiger partial charge in [-0.05, 0) is 182 Å². The summed E-state index contributed by atoms with van der Waals surface area (Å²) in [5.41, 5.74) is 27.6. The predicted molar refractivity (Wildman–Crippen MR) is 358 cm³/mol. The van der Waals surface area contributed by atoms with E-state index in [1.807, 2.05) is 0 Å². The van der Waals surface area contributed by atoms with Crippen LogP contribution < -0.4 is 9.80 Å². The normalized spacial score (nSPS) is 17.2. The Hall–Kier alpha value is -7.24. The van der Waals surface area contributed by atoms with Crippen molar-refractivity contribution in [3.05, 3.63) is 272 Å². The van der Waals surface area contributed by atoms with E-state index < -0.39 is 5.41 Å². The second-order valence-corrected chi connectivity index (χ2v) is 26.1. The molecule has 10 aromatic rings. The Morgan fingerprint density at radius 2 is 1.07 bits per heavy atom. The standard InChI is InChI=1S/C79H72Br2N2/c1-5-8-10-22-46-77(4,7-3)55-32-40-63-64-41-33-56-49-69(64)79(68(63)48-55)70-50-59(82(58-36-34-57(80)35-37-58)73-30-20-18-28-61(73)53-24-14-12-15-25-53)38-42-65(70)66-43-39-60(51-71(66)79)83(74-31-21-19-29-62(74)54-26-16-13-17-27-54)75-45-44-72(81)67-52-78(56,76(67)75)47-23-11-9-6-2/h12-21,24-45,48-51H,5-11,22-23,46-47,52H2,1-4H3. The Morgan fingerprint density at radius 1 is 0.482 bits per heavy atom. The number of unbranched alkanes of at least 4 members (excludes halogenated alkanes) is 6. The van der Waals surface area contributed by atoms with E-state index in [0.29, 0.717) is 0 Å². The molecule has 4 bridgehead atoms. The van der Waals surface area contributed by atoms with Crippen molar-refractivity contribution in [2.24, 2.45) is 0 Å². The Kier molecular flexibility index (Phi) is 14.1. The number of hydrogen-bond acceptors (Lipinski definition) is 2. The topological polar surface area (TPSA) is 6.48 Å². The Balaban J connectivity index is 1.10. The monoisotopic (exact) mass is 1210 g/mol. The van der Waals surface area contributed by atoms with Gasteiger partial charge in [-0.1, -0.05) is 257 Å². The molecule has 0 amide bonds. The van der Waals surface area contributed by atoms with Gasteiger partial charge in [-0.3, -0.25) is 0 Å². The van der Waals surface area contributed by atoms with Crippen molar-refractivity contribution in [2.75, 3.05) is 9.80 Å². The third-order valence-electron chi connectivity index (χ3n) is 19.8. The van der Waals surface area contributed by atoms with Gasteiger partial charge in [0.15, 0.2) is 0 Å². The highest BCUT2D eigenvalue weighted by atomic mass is 79.9.